The van der Waals surface area contributed by atoms with E-state index in [4.69, 9.17) is 4.74 Å². The number of hydrogen-bond acceptors (Lipinski definition) is 4. The number of esters is 1. The van der Waals surface area contributed by atoms with Crippen molar-refractivity contribution in [2.24, 2.45) is 5.92 Å². The van der Waals surface area contributed by atoms with Crippen molar-refractivity contribution in [2.45, 2.75) is 17.9 Å². The van der Waals surface area contributed by atoms with Gasteiger partial charge in [0.25, 0.3) is 0 Å². The normalized spacial score (nSPS) is 13.9. The third-order valence-corrected chi connectivity index (χ3v) is 6.12. The van der Waals surface area contributed by atoms with Gasteiger partial charge in [0.2, 0.25) is 10.0 Å². The van der Waals surface area contributed by atoms with Crippen molar-refractivity contribution in [3.63, 3.8) is 0 Å². The minimum absolute atomic E-state index is 0.0949. The lowest BCUT2D eigenvalue weighted by molar-refractivity contribution is -0.145. The smallest absolute Gasteiger partial charge is 0.310 e. The molecule has 0 saturated carbocycles. The molecule has 2 rings (SSSR count). The molecular weight excluding hydrogens is 413 g/mol. The van der Waals surface area contributed by atoms with Crippen molar-refractivity contribution in [3.05, 3.63) is 64.4 Å². The number of carbonyl (C=O) groups excluding carboxylic acids is 1. The lowest BCUT2D eigenvalue weighted by atomic mass is 9.95. The molecule has 0 unspecified atom stereocenters. The fraction of sp³-hybridized carbons (Fsp3) is 0.235. The van der Waals surface area contributed by atoms with Crippen LogP contribution in [0.4, 0.5) is 4.39 Å². The summed E-state index contributed by atoms with van der Waals surface area (Å²) in [5, 5.41) is 0. The number of nitrogens with one attached hydrogen (secondary N) is 1. The van der Waals surface area contributed by atoms with Crippen molar-refractivity contribution in [1.82, 2.24) is 4.72 Å². The van der Waals surface area contributed by atoms with Crippen LogP contribution < -0.4 is 4.72 Å². The largest absolute Gasteiger partial charge is 0.469 e. The average molecular weight is 430 g/mol. The van der Waals surface area contributed by atoms with Crippen molar-refractivity contribution in [3.8, 4) is 0 Å². The maximum absolute atomic E-state index is 13.2. The Morgan fingerprint density at radius 3 is 2.40 bits per heavy atom. The Bertz CT molecular complexity index is 858. The third-order valence-electron chi connectivity index (χ3n) is 3.70. The van der Waals surface area contributed by atoms with Gasteiger partial charge in [-0.1, -0.05) is 37.3 Å². The third kappa shape index (κ3) is 4.65. The molecule has 0 spiro atoms. The molecule has 5 nitrogen and oxygen atoms in total. The Morgan fingerprint density at radius 2 is 1.84 bits per heavy atom. The van der Waals surface area contributed by atoms with Crippen LogP contribution in [0.3, 0.4) is 0 Å². The van der Waals surface area contributed by atoms with E-state index < -0.39 is 33.8 Å². The summed E-state index contributed by atoms with van der Waals surface area (Å²) in [6.45, 7) is 1.58. The van der Waals surface area contributed by atoms with E-state index in [1.165, 1.54) is 7.11 Å². The van der Waals surface area contributed by atoms with Gasteiger partial charge in [0.1, 0.15) is 5.82 Å². The SMILES string of the molecule is COC(=O)[C@H](C)[C@@H](NS(=O)(=O)c1ccc(F)cc1Br)c1ccccc1. The maximum atomic E-state index is 13.2. The van der Waals surface area contributed by atoms with E-state index in [9.17, 15) is 17.6 Å². The van der Waals surface area contributed by atoms with Gasteiger partial charge >= 0.3 is 5.97 Å². The first-order valence-corrected chi connectivity index (χ1v) is 9.64. The highest BCUT2D eigenvalue weighted by Gasteiger charge is 2.31. The van der Waals surface area contributed by atoms with Crippen molar-refractivity contribution in [1.29, 1.82) is 0 Å². The van der Waals surface area contributed by atoms with E-state index in [0.29, 0.717) is 5.56 Å². The van der Waals surface area contributed by atoms with E-state index in [2.05, 4.69) is 20.7 Å². The molecular formula is C17H17BrFNO4S. The molecule has 0 aliphatic rings. The van der Waals surface area contributed by atoms with Gasteiger partial charge in [-0.15, -0.1) is 0 Å². The number of benzene rings is 2. The zero-order chi connectivity index (χ0) is 18.6. The van der Waals surface area contributed by atoms with Gasteiger partial charge in [0.15, 0.2) is 0 Å². The van der Waals surface area contributed by atoms with Gasteiger partial charge in [-0.05, 0) is 39.7 Å². The molecule has 0 fully saturated rings. The summed E-state index contributed by atoms with van der Waals surface area (Å²) in [6.07, 6.45) is 0. The second-order valence-electron chi connectivity index (χ2n) is 5.40. The summed E-state index contributed by atoms with van der Waals surface area (Å²) in [6, 6.07) is 11.1. The summed E-state index contributed by atoms with van der Waals surface area (Å²) in [7, 11) is -2.77. The molecule has 134 valence electrons. The molecule has 0 saturated heterocycles. The average Bonchev–Trinajstić information content (AvgIpc) is 2.58. The Hall–Kier alpha value is -1.77. The first-order valence-electron chi connectivity index (χ1n) is 7.36. The molecule has 0 aromatic heterocycles. The van der Waals surface area contributed by atoms with Crippen molar-refractivity contribution in [2.75, 3.05) is 7.11 Å². The molecule has 0 bridgehead atoms. The Kier molecular flexibility index (Phi) is 6.31. The minimum Gasteiger partial charge on any atom is -0.469 e. The lowest BCUT2D eigenvalue weighted by Gasteiger charge is -2.24. The number of hydrogen-bond donors (Lipinski definition) is 1. The molecule has 0 amide bonds. The van der Waals surface area contributed by atoms with Crippen LogP contribution >= 0.6 is 15.9 Å². The quantitative estimate of drug-likeness (QED) is 0.713. The van der Waals surface area contributed by atoms with Gasteiger partial charge in [0.05, 0.1) is 24.0 Å². The van der Waals surface area contributed by atoms with Crippen LogP contribution in [-0.2, 0) is 19.6 Å². The summed E-state index contributed by atoms with van der Waals surface area (Å²) < 4.78 is 46.1. The predicted molar refractivity (Wildman–Crippen MR) is 94.8 cm³/mol. The number of carbonyl (C=O) groups is 1. The summed E-state index contributed by atoms with van der Waals surface area (Å²) in [5.41, 5.74) is 0.613. The summed E-state index contributed by atoms with van der Waals surface area (Å²) in [5.74, 6) is -1.87. The Labute approximate surface area is 154 Å². The first kappa shape index (κ1) is 19.6. The number of rotatable bonds is 6. The highest BCUT2D eigenvalue weighted by molar-refractivity contribution is 9.10. The van der Waals surface area contributed by atoms with E-state index in [-0.39, 0.29) is 9.37 Å². The van der Waals surface area contributed by atoms with Gasteiger partial charge in [0, 0.05) is 4.47 Å². The van der Waals surface area contributed by atoms with Gasteiger partial charge in [-0.2, -0.15) is 0 Å². The molecule has 0 aliphatic carbocycles. The molecule has 1 N–H and O–H groups in total. The molecule has 2 aromatic rings. The molecule has 0 radical (unpaired) electrons. The van der Waals surface area contributed by atoms with Gasteiger partial charge in [-0.3, -0.25) is 4.79 Å². The molecule has 8 heteroatoms. The summed E-state index contributed by atoms with van der Waals surface area (Å²) >= 11 is 3.06. The van der Waals surface area contributed by atoms with E-state index in [1.807, 2.05) is 0 Å². The number of methoxy groups -OCH3 is 1. The maximum Gasteiger partial charge on any atom is 0.310 e. The monoisotopic (exact) mass is 429 g/mol. The Balaban J connectivity index is 2.43. The molecule has 2 aromatic carbocycles. The fourth-order valence-corrected chi connectivity index (χ4v) is 4.72. The van der Waals surface area contributed by atoms with Crippen LogP contribution in [0.5, 0.6) is 0 Å². The fourth-order valence-electron chi connectivity index (χ4n) is 2.36. The highest BCUT2D eigenvalue weighted by atomic mass is 79.9. The zero-order valence-electron chi connectivity index (χ0n) is 13.6. The number of halogens is 2. The van der Waals surface area contributed by atoms with Crippen molar-refractivity contribution >= 4 is 31.9 Å². The van der Waals surface area contributed by atoms with Gasteiger partial charge < -0.3 is 4.74 Å². The Morgan fingerprint density at radius 1 is 1.20 bits per heavy atom. The van der Waals surface area contributed by atoms with Crippen LogP contribution in [0.25, 0.3) is 0 Å². The molecule has 25 heavy (non-hydrogen) atoms. The topological polar surface area (TPSA) is 72.5 Å². The van der Waals surface area contributed by atoms with Crippen LogP contribution in [-0.4, -0.2) is 21.5 Å². The molecule has 0 aliphatic heterocycles. The second kappa shape index (κ2) is 8.07. The zero-order valence-corrected chi connectivity index (χ0v) is 16.0. The standard InChI is InChI=1S/C17H17BrFNO4S/c1-11(17(21)24-2)16(12-6-4-3-5-7-12)20-25(22,23)15-9-8-13(19)10-14(15)18/h3-11,16,20H,1-2H3/t11-,16-/m1/s1. The van der Waals surface area contributed by atoms with Crippen LogP contribution in [0, 0.1) is 11.7 Å². The van der Waals surface area contributed by atoms with Crippen LogP contribution in [0.1, 0.15) is 18.5 Å². The molecule has 2 atom stereocenters. The molecule has 0 heterocycles. The van der Waals surface area contributed by atoms with E-state index >= 15 is 0 Å². The highest BCUT2D eigenvalue weighted by Crippen LogP contribution is 2.28. The van der Waals surface area contributed by atoms with Crippen molar-refractivity contribution < 1.29 is 22.3 Å². The van der Waals surface area contributed by atoms with E-state index in [1.54, 1.807) is 37.3 Å². The number of ether oxygens (including phenoxy) is 1. The number of sulfonamides is 1. The predicted octanol–water partition coefficient (Wildman–Crippen LogP) is 3.42. The van der Waals surface area contributed by atoms with Gasteiger partial charge in [-0.25, -0.2) is 17.5 Å². The lowest BCUT2D eigenvalue weighted by Crippen LogP contribution is -2.36. The van der Waals surface area contributed by atoms with Crippen LogP contribution in [0.15, 0.2) is 57.9 Å². The minimum atomic E-state index is -4.01. The first-order chi connectivity index (χ1) is 11.8. The second-order valence-corrected chi connectivity index (χ2v) is 7.93. The van der Waals surface area contributed by atoms with Crippen LogP contribution in [0.2, 0.25) is 0 Å². The van der Waals surface area contributed by atoms with E-state index in [0.717, 1.165) is 18.2 Å². The summed E-state index contributed by atoms with van der Waals surface area (Å²) in [4.78, 5) is 11.8.